The van der Waals surface area contributed by atoms with Crippen LogP contribution >= 0.6 is 0 Å². The van der Waals surface area contributed by atoms with Gasteiger partial charge in [0.05, 0.1) is 0 Å². The standard InChI is InChI=1S/C24H33N3O3/c1-6-7-8-21(28)26-20-10-9-19(15-18(20)5)25-23(29)22-17(4)12-14-27(24(22)30)13-11-16(2)3/h9-10,12,14-16H,6-8,11,13H2,1-5H3,(H,25,29)(H,26,28). The van der Waals surface area contributed by atoms with Crippen LogP contribution in [0.15, 0.2) is 35.3 Å². The van der Waals surface area contributed by atoms with Crippen LogP contribution in [-0.4, -0.2) is 16.4 Å². The summed E-state index contributed by atoms with van der Waals surface area (Å²) in [4.78, 5) is 37.6. The number of benzene rings is 1. The molecule has 0 aliphatic carbocycles. The number of pyridine rings is 1. The van der Waals surface area contributed by atoms with E-state index in [1.807, 2.05) is 13.8 Å². The van der Waals surface area contributed by atoms with Crippen molar-refractivity contribution in [1.29, 1.82) is 0 Å². The SMILES string of the molecule is CCCCC(=O)Nc1ccc(NC(=O)c2c(C)ccn(CCC(C)C)c2=O)cc1C. The van der Waals surface area contributed by atoms with E-state index in [9.17, 15) is 14.4 Å². The largest absolute Gasteiger partial charge is 0.326 e. The van der Waals surface area contributed by atoms with Gasteiger partial charge in [-0.2, -0.15) is 0 Å². The Morgan fingerprint density at radius 3 is 2.43 bits per heavy atom. The molecule has 30 heavy (non-hydrogen) atoms. The average molecular weight is 412 g/mol. The molecular formula is C24H33N3O3. The monoisotopic (exact) mass is 411 g/mol. The fourth-order valence-electron chi connectivity index (χ4n) is 3.14. The second-order valence-corrected chi connectivity index (χ2v) is 8.19. The lowest BCUT2D eigenvalue weighted by molar-refractivity contribution is -0.116. The number of hydrogen-bond acceptors (Lipinski definition) is 3. The highest BCUT2D eigenvalue weighted by Gasteiger charge is 2.16. The van der Waals surface area contributed by atoms with Crippen LogP contribution in [0.25, 0.3) is 0 Å². The minimum Gasteiger partial charge on any atom is -0.326 e. The number of rotatable bonds is 9. The quantitative estimate of drug-likeness (QED) is 0.616. The molecule has 1 heterocycles. The third-order valence-electron chi connectivity index (χ3n) is 5.06. The maximum Gasteiger partial charge on any atom is 0.263 e. The van der Waals surface area contributed by atoms with Crippen molar-refractivity contribution in [2.45, 2.75) is 66.8 Å². The Hall–Kier alpha value is -2.89. The van der Waals surface area contributed by atoms with Gasteiger partial charge in [-0.25, -0.2) is 0 Å². The van der Waals surface area contributed by atoms with Crippen LogP contribution in [0.4, 0.5) is 11.4 Å². The van der Waals surface area contributed by atoms with E-state index < -0.39 is 5.91 Å². The van der Waals surface area contributed by atoms with Crippen molar-refractivity contribution in [2.75, 3.05) is 10.6 Å². The first kappa shape index (κ1) is 23.4. The minimum atomic E-state index is -0.421. The Kier molecular flexibility index (Phi) is 8.39. The predicted molar refractivity (Wildman–Crippen MR) is 122 cm³/mol. The zero-order chi connectivity index (χ0) is 22.3. The summed E-state index contributed by atoms with van der Waals surface area (Å²) in [7, 11) is 0. The Labute approximate surface area is 178 Å². The van der Waals surface area contributed by atoms with Crippen molar-refractivity contribution < 1.29 is 9.59 Å². The molecule has 0 bridgehead atoms. The summed E-state index contributed by atoms with van der Waals surface area (Å²) in [6, 6.07) is 7.10. The molecule has 0 saturated heterocycles. The first-order valence-electron chi connectivity index (χ1n) is 10.6. The van der Waals surface area contributed by atoms with Gasteiger partial charge in [-0.1, -0.05) is 27.2 Å². The molecule has 0 atom stereocenters. The lowest BCUT2D eigenvalue weighted by Gasteiger charge is -2.13. The van der Waals surface area contributed by atoms with E-state index in [1.54, 1.807) is 42.0 Å². The van der Waals surface area contributed by atoms with Gasteiger partial charge >= 0.3 is 0 Å². The molecular weight excluding hydrogens is 378 g/mol. The van der Waals surface area contributed by atoms with E-state index in [2.05, 4.69) is 24.5 Å². The lowest BCUT2D eigenvalue weighted by Crippen LogP contribution is -2.30. The minimum absolute atomic E-state index is 0.0152. The molecule has 6 heteroatoms. The number of nitrogens with zero attached hydrogens (tertiary/aromatic N) is 1. The number of unbranched alkanes of at least 4 members (excludes halogenated alkanes) is 1. The molecule has 0 fully saturated rings. The van der Waals surface area contributed by atoms with Gasteiger partial charge in [-0.05, 0) is 68.0 Å². The molecule has 6 nitrogen and oxygen atoms in total. The molecule has 2 N–H and O–H groups in total. The summed E-state index contributed by atoms with van der Waals surface area (Å²) in [5.41, 5.74) is 2.69. The van der Waals surface area contributed by atoms with Crippen LogP contribution in [0.5, 0.6) is 0 Å². The highest BCUT2D eigenvalue weighted by molar-refractivity contribution is 6.05. The van der Waals surface area contributed by atoms with E-state index in [-0.39, 0.29) is 17.0 Å². The Bertz CT molecular complexity index is 961. The maximum atomic E-state index is 12.8. The molecule has 1 aromatic carbocycles. The van der Waals surface area contributed by atoms with Crippen molar-refractivity contribution in [3.63, 3.8) is 0 Å². The molecule has 0 spiro atoms. The zero-order valence-electron chi connectivity index (χ0n) is 18.7. The zero-order valence-corrected chi connectivity index (χ0v) is 18.7. The molecule has 0 unspecified atom stereocenters. The molecule has 2 aromatic rings. The molecule has 0 aliphatic heterocycles. The summed E-state index contributed by atoms with van der Waals surface area (Å²) in [6.45, 7) is 10.5. The normalized spacial score (nSPS) is 10.9. The fraction of sp³-hybridized carbons (Fsp3) is 0.458. The average Bonchev–Trinajstić information content (AvgIpc) is 2.67. The van der Waals surface area contributed by atoms with Crippen LogP contribution in [0.1, 0.15) is 67.9 Å². The van der Waals surface area contributed by atoms with Gasteiger partial charge in [-0.3, -0.25) is 14.4 Å². The fourth-order valence-corrected chi connectivity index (χ4v) is 3.14. The van der Waals surface area contributed by atoms with E-state index in [0.717, 1.165) is 30.5 Å². The van der Waals surface area contributed by atoms with E-state index in [1.165, 1.54) is 0 Å². The van der Waals surface area contributed by atoms with Crippen molar-refractivity contribution in [2.24, 2.45) is 5.92 Å². The van der Waals surface area contributed by atoms with Gasteiger partial charge in [-0.15, -0.1) is 0 Å². The van der Waals surface area contributed by atoms with Crippen LogP contribution in [0.3, 0.4) is 0 Å². The van der Waals surface area contributed by atoms with Crippen molar-refractivity contribution in [3.8, 4) is 0 Å². The summed E-state index contributed by atoms with van der Waals surface area (Å²) in [6.07, 6.45) is 4.93. The number of amides is 2. The van der Waals surface area contributed by atoms with Gasteiger partial charge in [0.2, 0.25) is 5.91 Å². The molecule has 1 aromatic heterocycles. The topological polar surface area (TPSA) is 80.2 Å². The van der Waals surface area contributed by atoms with Crippen molar-refractivity contribution in [3.05, 3.63) is 57.5 Å². The number of nitrogens with one attached hydrogen (secondary N) is 2. The smallest absolute Gasteiger partial charge is 0.263 e. The molecule has 0 radical (unpaired) electrons. The second kappa shape index (κ2) is 10.8. The molecule has 2 amide bonds. The van der Waals surface area contributed by atoms with Crippen LogP contribution in [0.2, 0.25) is 0 Å². The maximum absolute atomic E-state index is 12.8. The number of aryl methyl sites for hydroxylation is 3. The third-order valence-corrected chi connectivity index (χ3v) is 5.06. The van der Waals surface area contributed by atoms with E-state index in [0.29, 0.717) is 30.1 Å². The third kappa shape index (κ3) is 6.31. The number of carbonyl (C=O) groups is 2. The number of hydrogen-bond donors (Lipinski definition) is 2. The number of carbonyl (C=O) groups excluding carboxylic acids is 2. The highest BCUT2D eigenvalue weighted by Crippen LogP contribution is 2.21. The summed E-state index contributed by atoms with van der Waals surface area (Å²) in [5, 5.41) is 5.72. The number of aromatic nitrogens is 1. The lowest BCUT2D eigenvalue weighted by atomic mass is 10.1. The predicted octanol–water partition coefficient (Wildman–Crippen LogP) is 4.89. The molecule has 0 aliphatic rings. The van der Waals surface area contributed by atoms with Crippen LogP contribution in [-0.2, 0) is 11.3 Å². The van der Waals surface area contributed by atoms with Crippen molar-refractivity contribution >= 4 is 23.2 Å². The van der Waals surface area contributed by atoms with Gasteiger partial charge in [0.15, 0.2) is 0 Å². The first-order valence-corrected chi connectivity index (χ1v) is 10.6. The molecule has 2 rings (SSSR count). The van der Waals surface area contributed by atoms with E-state index >= 15 is 0 Å². The van der Waals surface area contributed by atoms with Crippen LogP contribution in [0, 0.1) is 19.8 Å². The Balaban J connectivity index is 2.16. The summed E-state index contributed by atoms with van der Waals surface area (Å²) < 4.78 is 1.60. The Morgan fingerprint density at radius 2 is 1.80 bits per heavy atom. The van der Waals surface area contributed by atoms with Crippen molar-refractivity contribution in [1.82, 2.24) is 4.57 Å². The molecule has 162 valence electrons. The van der Waals surface area contributed by atoms with Gasteiger partial charge in [0.25, 0.3) is 11.5 Å². The Morgan fingerprint density at radius 1 is 1.07 bits per heavy atom. The number of anilines is 2. The van der Waals surface area contributed by atoms with Gasteiger partial charge in [0, 0.05) is 30.5 Å². The van der Waals surface area contributed by atoms with Crippen LogP contribution < -0.4 is 16.2 Å². The molecule has 0 saturated carbocycles. The van der Waals surface area contributed by atoms with E-state index in [4.69, 9.17) is 0 Å². The van der Waals surface area contributed by atoms with Gasteiger partial charge in [0.1, 0.15) is 5.56 Å². The van der Waals surface area contributed by atoms with Gasteiger partial charge < -0.3 is 15.2 Å². The first-order chi connectivity index (χ1) is 14.2. The second-order valence-electron chi connectivity index (χ2n) is 8.19. The summed E-state index contributed by atoms with van der Waals surface area (Å²) >= 11 is 0. The highest BCUT2D eigenvalue weighted by atomic mass is 16.2. The summed E-state index contributed by atoms with van der Waals surface area (Å²) in [5.74, 6) is 0.0357.